The van der Waals surface area contributed by atoms with Crippen molar-refractivity contribution in [3.63, 3.8) is 0 Å². The predicted molar refractivity (Wildman–Crippen MR) is 90.8 cm³/mol. The Morgan fingerprint density at radius 1 is 1.09 bits per heavy atom. The number of hydrogen-bond acceptors (Lipinski definition) is 3. The van der Waals surface area contributed by atoms with Gasteiger partial charge in [-0.2, -0.15) is 0 Å². The van der Waals surface area contributed by atoms with E-state index in [1.54, 1.807) is 18.2 Å². The van der Waals surface area contributed by atoms with Gasteiger partial charge in [0.1, 0.15) is 5.82 Å². The highest BCUT2D eigenvalue weighted by molar-refractivity contribution is 8.19. The number of carbonyl (C=O) groups excluding carboxylic acids is 2. The van der Waals surface area contributed by atoms with Gasteiger partial charge in [-0.05, 0) is 61.0 Å². The number of nitrogens with zero attached hydrogens (tertiary/aromatic N) is 1. The van der Waals surface area contributed by atoms with Gasteiger partial charge in [-0.1, -0.05) is 29.8 Å². The molecule has 0 aromatic heterocycles. The molecular formula is C18H14FNO2S. The Morgan fingerprint density at radius 2 is 1.87 bits per heavy atom. The van der Waals surface area contributed by atoms with Crippen molar-refractivity contribution in [1.29, 1.82) is 0 Å². The van der Waals surface area contributed by atoms with E-state index in [-0.39, 0.29) is 17.0 Å². The van der Waals surface area contributed by atoms with E-state index in [1.807, 2.05) is 26.0 Å². The third-order valence-electron chi connectivity index (χ3n) is 3.53. The molecule has 2 aromatic carbocycles. The average molecular weight is 327 g/mol. The second-order valence-electron chi connectivity index (χ2n) is 5.36. The molecule has 0 N–H and O–H groups in total. The van der Waals surface area contributed by atoms with Crippen LogP contribution in [0.25, 0.3) is 6.08 Å². The van der Waals surface area contributed by atoms with Crippen LogP contribution in [0.5, 0.6) is 0 Å². The molecule has 0 radical (unpaired) electrons. The lowest BCUT2D eigenvalue weighted by molar-refractivity contribution is -0.113. The molecule has 0 spiro atoms. The Bertz CT molecular complexity index is 845. The van der Waals surface area contributed by atoms with E-state index in [2.05, 4.69) is 0 Å². The van der Waals surface area contributed by atoms with E-state index < -0.39 is 0 Å². The summed E-state index contributed by atoms with van der Waals surface area (Å²) in [5.74, 6) is -0.761. The molecule has 0 atom stereocenters. The van der Waals surface area contributed by atoms with Gasteiger partial charge in [-0.3, -0.25) is 9.59 Å². The number of rotatable bonds is 2. The van der Waals surface area contributed by atoms with Crippen molar-refractivity contribution >= 4 is 34.7 Å². The zero-order chi connectivity index (χ0) is 16.6. The van der Waals surface area contributed by atoms with Crippen LogP contribution in [0, 0.1) is 19.7 Å². The number of carbonyl (C=O) groups is 2. The standard InChI is InChI=1S/C18H14FNO2S/c1-11-6-7-15(12(2)8-11)20-17(21)16(23-18(20)22)10-13-4-3-5-14(19)9-13/h3-10H,1-2H3/b16-10-. The third-order valence-corrected chi connectivity index (χ3v) is 4.40. The molecule has 0 saturated carbocycles. The zero-order valence-corrected chi connectivity index (χ0v) is 13.5. The minimum absolute atomic E-state index is 0.292. The van der Waals surface area contributed by atoms with Crippen molar-refractivity contribution in [3.05, 3.63) is 69.9 Å². The Balaban J connectivity index is 1.97. The van der Waals surface area contributed by atoms with Crippen LogP contribution < -0.4 is 4.90 Å². The fraction of sp³-hybridized carbons (Fsp3) is 0.111. The zero-order valence-electron chi connectivity index (χ0n) is 12.7. The molecule has 1 saturated heterocycles. The largest absolute Gasteiger partial charge is 0.298 e. The minimum atomic E-state index is -0.382. The van der Waals surface area contributed by atoms with Crippen LogP contribution in [0.2, 0.25) is 0 Å². The number of aryl methyl sites for hydroxylation is 2. The van der Waals surface area contributed by atoms with Crippen LogP contribution in [-0.2, 0) is 4.79 Å². The summed E-state index contributed by atoms with van der Waals surface area (Å²) in [6.07, 6.45) is 1.54. The van der Waals surface area contributed by atoms with E-state index in [9.17, 15) is 14.0 Å². The molecule has 3 nitrogen and oxygen atoms in total. The summed E-state index contributed by atoms with van der Waals surface area (Å²) in [4.78, 5) is 26.3. The first-order chi connectivity index (χ1) is 11.0. The summed E-state index contributed by atoms with van der Waals surface area (Å²) in [5, 5.41) is -0.343. The summed E-state index contributed by atoms with van der Waals surface area (Å²) in [6, 6.07) is 11.5. The smallest absolute Gasteiger partial charge is 0.268 e. The number of hydrogen-bond donors (Lipinski definition) is 0. The molecule has 1 heterocycles. The summed E-state index contributed by atoms with van der Waals surface area (Å²) < 4.78 is 13.2. The van der Waals surface area contributed by atoms with Crippen LogP contribution in [0.3, 0.4) is 0 Å². The third kappa shape index (κ3) is 3.05. The molecule has 3 rings (SSSR count). The Kier molecular flexibility index (Phi) is 4.05. The lowest BCUT2D eigenvalue weighted by Crippen LogP contribution is -2.28. The maximum atomic E-state index is 13.2. The number of anilines is 1. The monoisotopic (exact) mass is 327 g/mol. The molecule has 0 aliphatic carbocycles. The first-order valence-electron chi connectivity index (χ1n) is 7.06. The van der Waals surface area contributed by atoms with Crippen molar-refractivity contribution in [1.82, 2.24) is 0 Å². The fourth-order valence-electron chi connectivity index (χ4n) is 2.48. The SMILES string of the molecule is Cc1ccc(N2C(=O)S/C(=C\c3cccc(F)c3)C2=O)c(C)c1. The highest BCUT2D eigenvalue weighted by atomic mass is 32.2. The molecule has 2 amide bonds. The first-order valence-corrected chi connectivity index (χ1v) is 7.88. The highest BCUT2D eigenvalue weighted by Gasteiger charge is 2.36. The van der Waals surface area contributed by atoms with Gasteiger partial charge < -0.3 is 0 Å². The van der Waals surface area contributed by atoms with Crippen LogP contribution >= 0.6 is 11.8 Å². The van der Waals surface area contributed by atoms with E-state index in [1.165, 1.54) is 23.1 Å². The second kappa shape index (κ2) is 6.01. The molecule has 1 aliphatic heterocycles. The van der Waals surface area contributed by atoms with Gasteiger partial charge in [0.15, 0.2) is 0 Å². The van der Waals surface area contributed by atoms with Crippen molar-refractivity contribution in [3.8, 4) is 0 Å². The van der Waals surface area contributed by atoms with Gasteiger partial charge in [0.25, 0.3) is 11.1 Å². The number of thioether (sulfide) groups is 1. The Hall–Kier alpha value is -2.40. The van der Waals surface area contributed by atoms with Crippen molar-refractivity contribution in [2.45, 2.75) is 13.8 Å². The van der Waals surface area contributed by atoms with Crippen molar-refractivity contribution < 1.29 is 14.0 Å². The highest BCUT2D eigenvalue weighted by Crippen LogP contribution is 2.37. The van der Waals surface area contributed by atoms with Crippen molar-refractivity contribution in [2.75, 3.05) is 4.90 Å². The maximum Gasteiger partial charge on any atom is 0.298 e. The number of imide groups is 1. The maximum absolute atomic E-state index is 13.2. The van der Waals surface area contributed by atoms with E-state index >= 15 is 0 Å². The molecule has 23 heavy (non-hydrogen) atoms. The minimum Gasteiger partial charge on any atom is -0.268 e. The summed E-state index contributed by atoms with van der Waals surface area (Å²) in [6.45, 7) is 3.82. The summed E-state index contributed by atoms with van der Waals surface area (Å²) >= 11 is 0.866. The fourth-order valence-corrected chi connectivity index (χ4v) is 3.31. The molecule has 1 aliphatic rings. The van der Waals surface area contributed by atoms with Crippen LogP contribution in [-0.4, -0.2) is 11.1 Å². The van der Waals surface area contributed by atoms with Crippen LogP contribution in [0.1, 0.15) is 16.7 Å². The Morgan fingerprint density at radius 3 is 2.57 bits per heavy atom. The van der Waals surface area contributed by atoms with E-state index in [4.69, 9.17) is 0 Å². The second-order valence-corrected chi connectivity index (χ2v) is 6.36. The Labute approximate surface area is 137 Å². The molecule has 2 aromatic rings. The molecule has 0 unspecified atom stereocenters. The number of halogens is 1. The van der Waals surface area contributed by atoms with Crippen LogP contribution in [0.4, 0.5) is 14.9 Å². The van der Waals surface area contributed by atoms with Gasteiger partial charge in [-0.15, -0.1) is 0 Å². The molecule has 0 bridgehead atoms. The molecule has 1 fully saturated rings. The van der Waals surface area contributed by atoms with Gasteiger partial charge in [0, 0.05) is 0 Å². The van der Waals surface area contributed by atoms with Gasteiger partial charge in [0.2, 0.25) is 0 Å². The van der Waals surface area contributed by atoms with Gasteiger partial charge >= 0.3 is 0 Å². The lowest BCUT2D eigenvalue weighted by atomic mass is 10.1. The number of benzene rings is 2. The van der Waals surface area contributed by atoms with Gasteiger partial charge in [-0.25, -0.2) is 9.29 Å². The van der Waals surface area contributed by atoms with Gasteiger partial charge in [0.05, 0.1) is 10.6 Å². The quantitative estimate of drug-likeness (QED) is 0.751. The molecule has 116 valence electrons. The number of amides is 2. The van der Waals surface area contributed by atoms with E-state index in [0.29, 0.717) is 16.2 Å². The summed E-state index contributed by atoms with van der Waals surface area (Å²) in [7, 11) is 0. The average Bonchev–Trinajstić information content (AvgIpc) is 2.74. The topological polar surface area (TPSA) is 37.4 Å². The normalized spacial score (nSPS) is 16.5. The van der Waals surface area contributed by atoms with Crippen LogP contribution in [0.15, 0.2) is 47.4 Å². The lowest BCUT2D eigenvalue weighted by Gasteiger charge is -2.15. The molecular weight excluding hydrogens is 313 g/mol. The predicted octanol–water partition coefficient (Wildman–Crippen LogP) is 4.68. The summed E-state index contributed by atoms with van der Waals surface area (Å²) in [5.41, 5.74) is 3.06. The first kappa shape index (κ1) is 15.5. The van der Waals surface area contributed by atoms with E-state index in [0.717, 1.165) is 22.9 Å². The molecule has 5 heteroatoms. The van der Waals surface area contributed by atoms with Crippen molar-refractivity contribution in [2.24, 2.45) is 0 Å².